The Kier molecular flexibility index (Phi) is 3.41. The number of hydrogen-bond acceptors (Lipinski definition) is 2. The van der Waals surface area contributed by atoms with Crippen LogP contribution < -0.4 is 0 Å². The fourth-order valence-electron chi connectivity index (χ4n) is 3.15. The van der Waals surface area contributed by atoms with Gasteiger partial charge in [-0.2, -0.15) is 0 Å². The van der Waals surface area contributed by atoms with Gasteiger partial charge in [0.25, 0.3) is 5.91 Å². The summed E-state index contributed by atoms with van der Waals surface area (Å²) < 4.78 is 15.9. The average Bonchev–Trinajstić information content (AvgIpc) is 3.19. The number of carbonyl (C=O) groups excluding carboxylic acids is 1. The average molecular weight is 321 g/mol. The number of hydrogen-bond donors (Lipinski definition) is 0. The maximum Gasteiger partial charge on any atom is 0.254 e. The number of imidazole rings is 1. The molecule has 0 saturated heterocycles. The van der Waals surface area contributed by atoms with Gasteiger partial charge in [0.15, 0.2) is 0 Å². The van der Waals surface area contributed by atoms with Gasteiger partial charge in [0.2, 0.25) is 0 Å². The van der Waals surface area contributed by atoms with E-state index in [1.165, 1.54) is 12.1 Å². The first kappa shape index (κ1) is 14.6. The number of carbonyl (C=O) groups is 1. The van der Waals surface area contributed by atoms with Crippen LogP contribution in [0.4, 0.5) is 4.39 Å². The highest BCUT2D eigenvalue weighted by atomic mass is 19.1. The summed E-state index contributed by atoms with van der Waals surface area (Å²) in [6.07, 6.45) is 3.44. The van der Waals surface area contributed by atoms with Crippen molar-refractivity contribution < 1.29 is 9.18 Å². The fraction of sp³-hybridized carbons (Fsp3) is 0.158. The van der Waals surface area contributed by atoms with Gasteiger partial charge in [0.1, 0.15) is 11.6 Å². The van der Waals surface area contributed by atoms with Crippen LogP contribution in [0.25, 0.3) is 11.4 Å². The Balaban J connectivity index is 1.66. The minimum atomic E-state index is -0.435. The van der Waals surface area contributed by atoms with Crippen LogP contribution in [-0.4, -0.2) is 20.4 Å². The minimum Gasteiger partial charge on any atom is -0.334 e. The van der Waals surface area contributed by atoms with Gasteiger partial charge in [-0.25, -0.2) is 9.37 Å². The van der Waals surface area contributed by atoms with Gasteiger partial charge in [-0.3, -0.25) is 4.79 Å². The predicted molar refractivity (Wildman–Crippen MR) is 88.6 cm³/mol. The Hall–Kier alpha value is -2.95. The zero-order valence-electron chi connectivity index (χ0n) is 13.2. The molecule has 1 aromatic heterocycles. The molecule has 4 rings (SSSR count). The van der Waals surface area contributed by atoms with Crippen molar-refractivity contribution in [3.63, 3.8) is 0 Å². The van der Waals surface area contributed by atoms with Crippen LogP contribution in [0.15, 0.2) is 54.9 Å². The second kappa shape index (κ2) is 5.60. The molecule has 1 aliphatic rings. The van der Waals surface area contributed by atoms with Gasteiger partial charge in [-0.1, -0.05) is 24.3 Å². The smallest absolute Gasteiger partial charge is 0.254 e. The summed E-state index contributed by atoms with van der Waals surface area (Å²) in [5.41, 5.74) is 3.24. The summed E-state index contributed by atoms with van der Waals surface area (Å²) in [6, 6.07) is 12.4. The van der Waals surface area contributed by atoms with Crippen molar-refractivity contribution in [2.45, 2.75) is 13.1 Å². The molecule has 0 saturated carbocycles. The van der Waals surface area contributed by atoms with E-state index in [4.69, 9.17) is 0 Å². The SMILES string of the molecule is Cn1ccnc1-c1cc(F)cc(C(=O)N2Cc3ccccc3C2)c1. The minimum absolute atomic E-state index is 0.166. The molecule has 3 aromatic rings. The molecule has 4 nitrogen and oxygen atoms in total. The van der Waals surface area contributed by atoms with E-state index in [-0.39, 0.29) is 5.91 Å². The number of aryl methyl sites for hydroxylation is 1. The Morgan fingerprint density at radius 2 is 1.83 bits per heavy atom. The lowest BCUT2D eigenvalue weighted by Gasteiger charge is -2.16. The molecular formula is C19H16FN3O. The Labute approximate surface area is 139 Å². The third-order valence-corrected chi connectivity index (χ3v) is 4.35. The quantitative estimate of drug-likeness (QED) is 0.726. The van der Waals surface area contributed by atoms with E-state index in [2.05, 4.69) is 4.98 Å². The molecule has 120 valence electrons. The van der Waals surface area contributed by atoms with E-state index in [1.54, 1.807) is 27.9 Å². The summed E-state index contributed by atoms with van der Waals surface area (Å²) in [5.74, 6) is 0.0324. The van der Waals surface area contributed by atoms with E-state index in [0.29, 0.717) is 30.0 Å². The molecule has 0 bridgehead atoms. The second-order valence-electron chi connectivity index (χ2n) is 6.02. The molecular weight excluding hydrogens is 305 g/mol. The molecule has 0 atom stereocenters. The van der Waals surface area contributed by atoms with Crippen molar-refractivity contribution in [3.05, 3.63) is 77.4 Å². The first-order chi connectivity index (χ1) is 11.6. The molecule has 0 aliphatic carbocycles. The fourth-order valence-corrected chi connectivity index (χ4v) is 3.15. The first-order valence-corrected chi connectivity index (χ1v) is 7.76. The summed E-state index contributed by atoms with van der Waals surface area (Å²) >= 11 is 0. The number of halogens is 1. The summed E-state index contributed by atoms with van der Waals surface area (Å²) in [4.78, 5) is 18.8. The van der Waals surface area contributed by atoms with Gasteiger partial charge in [-0.05, 0) is 29.3 Å². The zero-order chi connectivity index (χ0) is 16.7. The van der Waals surface area contributed by atoms with E-state index < -0.39 is 5.82 Å². The van der Waals surface area contributed by atoms with E-state index in [9.17, 15) is 9.18 Å². The number of rotatable bonds is 2. The number of nitrogens with zero attached hydrogens (tertiary/aromatic N) is 3. The zero-order valence-corrected chi connectivity index (χ0v) is 13.2. The molecule has 1 amide bonds. The van der Waals surface area contributed by atoms with E-state index in [0.717, 1.165) is 11.1 Å². The van der Waals surface area contributed by atoms with Gasteiger partial charge < -0.3 is 9.47 Å². The van der Waals surface area contributed by atoms with Crippen LogP contribution in [-0.2, 0) is 20.1 Å². The van der Waals surface area contributed by atoms with Gasteiger partial charge >= 0.3 is 0 Å². The maximum absolute atomic E-state index is 14.1. The molecule has 2 heterocycles. The number of fused-ring (bicyclic) bond motifs is 1. The van der Waals surface area contributed by atoms with E-state index >= 15 is 0 Å². The first-order valence-electron chi connectivity index (χ1n) is 7.76. The molecule has 1 aliphatic heterocycles. The number of aromatic nitrogens is 2. The Bertz CT molecular complexity index is 907. The van der Waals surface area contributed by atoms with Crippen molar-refractivity contribution in [1.29, 1.82) is 0 Å². The standard InChI is InChI=1S/C19H16FN3O/c1-22-7-6-21-18(22)15-8-16(10-17(20)9-15)19(24)23-11-13-4-2-3-5-14(13)12-23/h2-10H,11-12H2,1H3. The number of benzene rings is 2. The second-order valence-corrected chi connectivity index (χ2v) is 6.02. The third-order valence-electron chi connectivity index (χ3n) is 4.35. The predicted octanol–water partition coefficient (Wildman–Crippen LogP) is 3.38. The third kappa shape index (κ3) is 2.48. The van der Waals surface area contributed by atoms with Crippen molar-refractivity contribution in [3.8, 4) is 11.4 Å². The van der Waals surface area contributed by atoms with Gasteiger partial charge in [0, 0.05) is 43.7 Å². The normalized spacial score (nSPS) is 13.2. The van der Waals surface area contributed by atoms with Crippen molar-refractivity contribution >= 4 is 5.91 Å². The Morgan fingerprint density at radius 1 is 1.12 bits per heavy atom. The molecule has 0 fully saturated rings. The molecule has 24 heavy (non-hydrogen) atoms. The lowest BCUT2D eigenvalue weighted by atomic mass is 10.1. The van der Waals surface area contributed by atoms with Crippen LogP contribution in [0, 0.1) is 5.82 Å². The van der Waals surface area contributed by atoms with Crippen LogP contribution in [0.2, 0.25) is 0 Å². The highest BCUT2D eigenvalue weighted by molar-refractivity contribution is 5.95. The topological polar surface area (TPSA) is 38.1 Å². The summed E-state index contributed by atoms with van der Waals surface area (Å²) in [5, 5.41) is 0. The highest BCUT2D eigenvalue weighted by Gasteiger charge is 2.24. The molecule has 2 aromatic carbocycles. The molecule has 0 spiro atoms. The summed E-state index contributed by atoms with van der Waals surface area (Å²) in [6.45, 7) is 1.12. The lowest BCUT2D eigenvalue weighted by molar-refractivity contribution is 0.0751. The molecule has 5 heteroatoms. The monoisotopic (exact) mass is 321 g/mol. The van der Waals surface area contributed by atoms with Crippen LogP contribution in [0.3, 0.4) is 0 Å². The Morgan fingerprint density at radius 3 is 2.46 bits per heavy atom. The summed E-state index contributed by atoms with van der Waals surface area (Å²) in [7, 11) is 1.84. The van der Waals surface area contributed by atoms with Crippen LogP contribution in [0.1, 0.15) is 21.5 Å². The van der Waals surface area contributed by atoms with Crippen molar-refractivity contribution in [2.24, 2.45) is 7.05 Å². The lowest BCUT2D eigenvalue weighted by Crippen LogP contribution is -2.25. The largest absolute Gasteiger partial charge is 0.334 e. The van der Waals surface area contributed by atoms with Gasteiger partial charge in [-0.15, -0.1) is 0 Å². The molecule has 0 N–H and O–H groups in total. The van der Waals surface area contributed by atoms with Crippen molar-refractivity contribution in [2.75, 3.05) is 0 Å². The van der Waals surface area contributed by atoms with Crippen molar-refractivity contribution in [1.82, 2.24) is 14.5 Å². The maximum atomic E-state index is 14.1. The van der Waals surface area contributed by atoms with E-state index in [1.807, 2.05) is 31.3 Å². The van der Waals surface area contributed by atoms with Crippen LogP contribution >= 0.6 is 0 Å². The molecule has 0 radical (unpaired) electrons. The molecule has 0 unspecified atom stereocenters. The van der Waals surface area contributed by atoms with Crippen LogP contribution in [0.5, 0.6) is 0 Å². The number of amides is 1. The highest BCUT2D eigenvalue weighted by Crippen LogP contribution is 2.26. The van der Waals surface area contributed by atoms with Gasteiger partial charge in [0.05, 0.1) is 0 Å².